The number of rotatable bonds is 5. The van der Waals surface area contributed by atoms with Crippen LogP contribution in [0.2, 0.25) is 0 Å². The Labute approximate surface area is 143 Å². The standard InChI is InChI=1S/C19H24N4O/c1-3-4-13-22(2)19(24)16-11-12-18(21-20-16)23-14-7-9-15-8-5-6-10-17(15)23/h5-6,8,10-12H,3-4,7,9,13-14H2,1-2H3. The largest absolute Gasteiger partial charge is 0.340 e. The van der Waals surface area contributed by atoms with Crippen LogP contribution in [0.3, 0.4) is 0 Å². The van der Waals surface area contributed by atoms with Crippen molar-refractivity contribution in [3.05, 3.63) is 47.7 Å². The molecule has 2 aromatic rings. The number of anilines is 2. The van der Waals surface area contributed by atoms with Gasteiger partial charge in [0.25, 0.3) is 5.91 Å². The van der Waals surface area contributed by atoms with Gasteiger partial charge in [0.05, 0.1) is 0 Å². The highest BCUT2D eigenvalue weighted by molar-refractivity contribution is 5.92. The number of para-hydroxylation sites is 1. The molecule has 1 amide bonds. The number of hydrogen-bond acceptors (Lipinski definition) is 4. The molecule has 24 heavy (non-hydrogen) atoms. The van der Waals surface area contributed by atoms with E-state index in [1.165, 1.54) is 11.3 Å². The molecule has 2 heterocycles. The lowest BCUT2D eigenvalue weighted by atomic mass is 10.0. The lowest BCUT2D eigenvalue weighted by Crippen LogP contribution is -2.29. The minimum Gasteiger partial charge on any atom is -0.340 e. The van der Waals surface area contributed by atoms with E-state index >= 15 is 0 Å². The van der Waals surface area contributed by atoms with Crippen LogP contribution < -0.4 is 4.90 Å². The minimum atomic E-state index is -0.0680. The fourth-order valence-electron chi connectivity index (χ4n) is 3.05. The zero-order valence-electron chi connectivity index (χ0n) is 14.4. The molecule has 1 aliphatic rings. The van der Waals surface area contributed by atoms with Gasteiger partial charge in [-0.15, -0.1) is 10.2 Å². The van der Waals surface area contributed by atoms with Crippen LogP contribution in [0.4, 0.5) is 11.5 Å². The molecule has 3 rings (SSSR count). The first-order valence-electron chi connectivity index (χ1n) is 8.65. The van der Waals surface area contributed by atoms with Crippen LogP contribution in [0.25, 0.3) is 0 Å². The Bertz CT molecular complexity index is 699. The van der Waals surface area contributed by atoms with E-state index in [9.17, 15) is 4.79 Å². The Hall–Kier alpha value is -2.43. The molecule has 0 bridgehead atoms. The Kier molecular flexibility index (Phi) is 5.08. The predicted octanol–water partition coefficient (Wildman–Crippen LogP) is 3.43. The minimum absolute atomic E-state index is 0.0680. The van der Waals surface area contributed by atoms with Crippen molar-refractivity contribution in [1.82, 2.24) is 15.1 Å². The van der Waals surface area contributed by atoms with E-state index in [1.54, 1.807) is 11.0 Å². The molecule has 0 atom stereocenters. The lowest BCUT2D eigenvalue weighted by molar-refractivity contribution is 0.0786. The fourth-order valence-corrected chi connectivity index (χ4v) is 3.05. The van der Waals surface area contributed by atoms with Crippen molar-refractivity contribution >= 4 is 17.4 Å². The third kappa shape index (κ3) is 3.40. The molecule has 0 radical (unpaired) electrons. The maximum Gasteiger partial charge on any atom is 0.274 e. The van der Waals surface area contributed by atoms with Gasteiger partial charge in [-0.05, 0) is 43.0 Å². The number of carbonyl (C=O) groups excluding carboxylic acids is 1. The second-order valence-electron chi connectivity index (χ2n) is 6.24. The monoisotopic (exact) mass is 324 g/mol. The number of fused-ring (bicyclic) bond motifs is 1. The molecule has 0 fully saturated rings. The number of carbonyl (C=O) groups is 1. The summed E-state index contributed by atoms with van der Waals surface area (Å²) in [7, 11) is 1.81. The van der Waals surface area contributed by atoms with Gasteiger partial charge in [0.15, 0.2) is 11.5 Å². The van der Waals surface area contributed by atoms with E-state index in [2.05, 4.69) is 40.2 Å². The number of hydrogen-bond donors (Lipinski definition) is 0. The first kappa shape index (κ1) is 16.4. The normalized spacial score (nSPS) is 13.5. The van der Waals surface area contributed by atoms with Gasteiger partial charge in [0, 0.05) is 25.8 Å². The highest BCUT2D eigenvalue weighted by atomic mass is 16.2. The maximum absolute atomic E-state index is 12.3. The summed E-state index contributed by atoms with van der Waals surface area (Å²) in [5.74, 6) is 0.733. The lowest BCUT2D eigenvalue weighted by Gasteiger charge is -2.30. The van der Waals surface area contributed by atoms with Crippen molar-refractivity contribution in [1.29, 1.82) is 0 Å². The zero-order valence-corrected chi connectivity index (χ0v) is 14.4. The van der Waals surface area contributed by atoms with Crippen LogP contribution in [0, 0.1) is 0 Å². The first-order valence-corrected chi connectivity index (χ1v) is 8.65. The molecule has 0 aliphatic carbocycles. The van der Waals surface area contributed by atoms with Crippen molar-refractivity contribution in [2.75, 3.05) is 25.0 Å². The number of aromatic nitrogens is 2. The van der Waals surface area contributed by atoms with Gasteiger partial charge in [0.2, 0.25) is 0 Å². The molecular formula is C19H24N4O. The van der Waals surface area contributed by atoms with Crippen LogP contribution in [-0.4, -0.2) is 41.1 Å². The molecule has 0 saturated heterocycles. The highest BCUT2D eigenvalue weighted by Crippen LogP contribution is 2.31. The van der Waals surface area contributed by atoms with Crippen molar-refractivity contribution in [3.8, 4) is 0 Å². The van der Waals surface area contributed by atoms with Crippen LogP contribution in [-0.2, 0) is 6.42 Å². The summed E-state index contributed by atoms with van der Waals surface area (Å²) in [6.07, 6.45) is 4.26. The molecule has 1 aliphatic heterocycles. The average molecular weight is 324 g/mol. The SMILES string of the molecule is CCCCN(C)C(=O)c1ccc(N2CCCc3ccccc32)nn1. The Morgan fingerprint density at radius 3 is 2.79 bits per heavy atom. The van der Waals surface area contributed by atoms with E-state index in [0.717, 1.165) is 44.6 Å². The topological polar surface area (TPSA) is 49.3 Å². The van der Waals surface area contributed by atoms with Crippen molar-refractivity contribution in [2.45, 2.75) is 32.6 Å². The average Bonchev–Trinajstić information content (AvgIpc) is 2.65. The molecule has 126 valence electrons. The maximum atomic E-state index is 12.3. The van der Waals surface area contributed by atoms with Gasteiger partial charge in [-0.2, -0.15) is 0 Å². The molecular weight excluding hydrogens is 300 g/mol. The summed E-state index contributed by atoms with van der Waals surface area (Å²) >= 11 is 0. The van der Waals surface area contributed by atoms with Gasteiger partial charge in [-0.1, -0.05) is 31.5 Å². The van der Waals surface area contributed by atoms with E-state index in [4.69, 9.17) is 0 Å². The van der Waals surface area contributed by atoms with Crippen molar-refractivity contribution in [2.24, 2.45) is 0 Å². The summed E-state index contributed by atoms with van der Waals surface area (Å²) in [6, 6.07) is 12.1. The smallest absolute Gasteiger partial charge is 0.274 e. The summed E-state index contributed by atoms with van der Waals surface area (Å²) in [4.78, 5) is 16.2. The quantitative estimate of drug-likeness (QED) is 0.845. The van der Waals surface area contributed by atoms with Gasteiger partial charge >= 0.3 is 0 Å². The van der Waals surface area contributed by atoms with Crippen molar-refractivity contribution in [3.63, 3.8) is 0 Å². The molecule has 0 spiro atoms. The zero-order chi connectivity index (χ0) is 16.9. The van der Waals surface area contributed by atoms with Crippen LogP contribution in [0.1, 0.15) is 42.2 Å². The third-order valence-electron chi connectivity index (χ3n) is 4.45. The second-order valence-corrected chi connectivity index (χ2v) is 6.24. The molecule has 5 nitrogen and oxygen atoms in total. The molecule has 1 aromatic heterocycles. The molecule has 5 heteroatoms. The first-order chi connectivity index (χ1) is 11.7. The third-order valence-corrected chi connectivity index (χ3v) is 4.45. The van der Waals surface area contributed by atoms with Gasteiger partial charge in [0.1, 0.15) is 0 Å². The number of aryl methyl sites for hydroxylation is 1. The molecule has 0 N–H and O–H groups in total. The van der Waals surface area contributed by atoms with Gasteiger partial charge < -0.3 is 9.80 Å². The van der Waals surface area contributed by atoms with Gasteiger partial charge in [-0.3, -0.25) is 4.79 Å². The van der Waals surface area contributed by atoms with E-state index in [1.807, 2.05) is 19.2 Å². The van der Waals surface area contributed by atoms with E-state index < -0.39 is 0 Å². The van der Waals surface area contributed by atoms with Crippen LogP contribution >= 0.6 is 0 Å². The van der Waals surface area contributed by atoms with Gasteiger partial charge in [-0.25, -0.2) is 0 Å². The van der Waals surface area contributed by atoms with E-state index in [0.29, 0.717) is 5.69 Å². The predicted molar refractivity (Wildman–Crippen MR) is 95.7 cm³/mol. The van der Waals surface area contributed by atoms with Crippen LogP contribution in [0.5, 0.6) is 0 Å². The summed E-state index contributed by atoms with van der Waals surface area (Å²) in [5, 5.41) is 8.49. The summed E-state index contributed by atoms with van der Waals surface area (Å²) in [6.45, 7) is 3.79. The van der Waals surface area contributed by atoms with Crippen LogP contribution in [0.15, 0.2) is 36.4 Å². The molecule has 1 aromatic carbocycles. The number of benzene rings is 1. The second kappa shape index (κ2) is 7.43. The Morgan fingerprint density at radius 2 is 2.04 bits per heavy atom. The summed E-state index contributed by atoms with van der Waals surface area (Å²) in [5.41, 5.74) is 2.94. The summed E-state index contributed by atoms with van der Waals surface area (Å²) < 4.78 is 0. The Morgan fingerprint density at radius 1 is 1.21 bits per heavy atom. The fraction of sp³-hybridized carbons (Fsp3) is 0.421. The highest BCUT2D eigenvalue weighted by Gasteiger charge is 2.20. The molecule has 0 saturated carbocycles. The van der Waals surface area contributed by atoms with Crippen molar-refractivity contribution < 1.29 is 4.79 Å². The number of nitrogens with zero attached hydrogens (tertiary/aromatic N) is 4. The number of amides is 1. The van der Waals surface area contributed by atoms with E-state index in [-0.39, 0.29) is 5.91 Å². The Balaban J connectivity index is 1.77. The number of unbranched alkanes of at least 4 members (excludes halogenated alkanes) is 1. The molecule has 0 unspecified atom stereocenters.